The van der Waals surface area contributed by atoms with E-state index >= 15 is 0 Å². The van der Waals surface area contributed by atoms with Crippen LogP contribution in [0.15, 0.2) is 30.3 Å². The molecule has 0 N–H and O–H groups in total. The third kappa shape index (κ3) is 3.65. The SMILES string of the molecule is CCCOC(=O)N(c1ccccc1)C(F)(F)F. The molecule has 0 fully saturated rings. The van der Waals surface area contributed by atoms with Crippen molar-refractivity contribution in [1.82, 2.24) is 0 Å². The van der Waals surface area contributed by atoms with E-state index in [4.69, 9.17) is 0 Å². The number of carbonyl (C=O) groups excluding carboxylic acids is 1. The second-order valence-corrected chi connectivity index (χ2v) is 3.25. The Morgan fingerprint density at radius 2 is 1.88 bits per heavy atom. The van der Waals surface area contributed by atoms with E-state index in [0.717, 1.165) is 0 Å². The average molecular weight is 247 g/mol. The van der Waals surface area contributed by atoms with Gasteiger partial charge in [-0.05, 0) is 18.6 Å². The lowest BCUT2D eigenvalue weighted by Gasteiger charge is -2.24. The van der Waals surface area contributed by atoms with E-state index in [-0.39, 0.29) is 17.2 Å². The minimum absolute atomic E-state index is 0.0434. The number of carbonyl (C=O) groups is 1. The Morgan fingerprint density at radius 3 is 2.35 bits per heavy atom. The van der Waals surface area contributed by atoms with Crippen molar-refractivity contribution >= 4 is 11.8 Å². The molecule has 0 aliphatic heterocycles. The molecular formula is C11H12F3NO2. The summed E-state index contributed by atoms with van der Waals surface area (Å²) in [4.78, 5) is 11.0. The Balaban J connectivity index is 2.94. The highest BCUT2D eigenvalue weighted by Crippen LogP contribution is 2.28. The molecule has 94 valence electrons. The summed E-state index contributed by atoms with van der Waals surface area (Å²) in [6.07, 6.45) is -5.75. The smallest absolute Gasteiger partial charge is 0.449 e. The highest BCUT2D eigenvalue weighted by Gasteiger charge is 2.43. The van der Waals surface area contributed by atoms with Crippen molar-refractivity contribution in [1.29, 1.82) is 0 Å². The number of hydrogen-bond donors (Lipinski definition) is 0. The first-order valence-electron chi connectivity index (χ1n) is 5.05. The molecule has 0 radical (unpaired) electrons. The summed E-state index contributed by atoms with van der Waals surface area (Å²) in [5.74, 6) is 0. The van der Waals surface area contributed by atoms with E-state index in [9.17, 15) is 18.0 Å². The molecule has 1 aromatic rings. The summed E-state index contributed by atoms with van der Waals surface area (Å²) in [6, 6.07) is 6.79. The van der Waals surface area contributed by atoms with Crippen LogP contribution in [-0.4, -0.2) is 19.0 Å². The van der Waals surface area contributed by atoms with Gasteiger partial charge in [0.1, 0.15) is 0 Å². The number of rotatable bonds is 3. The van der Waals surface area contributed by atoms with Gasteiger partial charge in [-0.15, -0.1) is 13.2 Å². The molecule has 0 aliphatic carbocycles. The molecule has 0 saturated heterocycles. The Morgan fingerprint density at radius 1 is 1.29 bits per heavy atom. The Kier molecular flexibility index (Phi) is 4.37. The third-order valence-electron chi connectivity index (χ3n) is 1.88. The van der Waals surface area contributed by atoms with E-state index in [2.05, 4.69) is 4.74 Å². The summed E-state index contributed by atoms with van der Waals surface area (Å²) in [7, 11) is 0. The van der Waals surface area contributed by atoms with Crippen molar-refractivity contribution in [3.05, 3.63) is 30.3 Å². The Labute approximate surface area is 96.8 Å². The van der Waals surface area contributed by atoms with E-state index in [1.807, 2.05) is 0 Å². The van der Waals surface area contributed by atoms with Gasteiger partial charge in [0.05, 0.1) is 12.3 Å². The number of amides is 1. The van der Waals surface area contributed by atoms with Crippen LogP contribution in [0.3, 0.4) is 0 Å². The second kappa shape index (κ2) is 5.56. The fourth-order valence-corrected chi connectivity index (χ4v) is 1.19. The molecule has 6 heteroatoms. The fraction of sp³-hybridized carbons (Fsp3) is 0.364. The maximum absolute atomic E-state index is 12.7. The van der Waals surface area contributed by atoms with Crippen LogP contribution in [0, 0.1) is 0 Å². The number of nitrogens with zero attached hydrogens (tertiary/aromatic N) is 1. The van der Waals surface area contributed by atoms with Gasteiger partial charge in [-0.3, -0.25) is 0 Å². The fourth-order valence-electron chi connectivity index (χ4n) is 1.19. The number of anilines is 1. The predicted molar refractivity (Wildman–Crippen MR) is 56.6 cm³/mol. The average Bonchev–Trinajstić information content (AvgIpc) is 2.26. The molecule has 1 amide bonds. The largest absolute Gasteiger partial charge is 0.494 e. The van der Waals surface area contributed by atoms with Crippen LogP contribution < -0.4 is 4.90 Å². The molecule has 0 unspecified atom stereocenters. The van der Waals surface area contributed by atoms with E-state index in [1.54, 1.807) is 13.0 Å². The lowest BCUT2D eigenvalue weighted by molar-refractivity contribution is -0.125. The van der Waals surface area contributed by atoms with Crippen molar-refractivity contribution in [3.8, 4) is 0 Å². The van der Waals surface area contributed by atoms with Gasteiger partial charge < -0.3 is 4.74 Å². The molecule has 3 nitrogen and oxygen atoms in total. The van der Waals surface area contributed by atoms with Crippen molar-refractivity contribution in [2.45, 2.75) is 19.6 Å². The molecule has 0 aliphatic rings. The van der Waals surface area contributed by atoms with E-state index in [0.29, 0.717) is 6.42 Å². The minimum Gasteiger partial charge on any atom is -0.449 e. The van der Waals surface area contributed by atoms with Crippen LogP contribution in [0.4, 0.5) is 23.7 Å². The van der Waals surface area contributed by atoms with E-state index < -0.39 is 12.4 Å². The van der Waals surface area contributed by atoms with E-state index in [1.165, 1.54) is 24.3 Å². The Bertz CT molecular complexity index is 365. The quantitative estimate of drug-likeness (QED) is 0.764. The lowest BCUT2D eigenvalue weighted by atomic mass is 10.3. The zero-order chi connectivity index (χ0) is 12.9. The predicted octanol–water partition coefficient (Wildman–Crippen LogP) is 3.56. The first-order valence-corrected chi connectivity index (χ1v) is 5.05. The van der Waals surface area contributed by atoms with Gasteiger partial charge in [0, 0.05) is 0 Å². The lowest BCUT2D eigenvalue weighted by Crippen LogP contribution is -2.43. The summed E-state index contributed by atoms with van der Waals surface area (Å²) in [5.41, 5.74) is -0.263. The van der Waals surface area contributed by atoms with Crippen molar-refractivity contribution in [3.63, 3.8) is 0 Å². The number of para-hydroxylation sites is 1. The van der Waals surface area contributed by atoms with Gasteiger partial charge in [-0.1, -0.05) is 25.1 Å². The summed E-state index contributed by atoms with van der Waals surface area (Å²) >= 11 is 0. The van der Waals surface area contributed by atoms with Gasteiger partial charge in [0.15, 0.2) is 0 Å². The number of benzene rings is 1. The Hall–Kier alpha value is -1.72. The molecule has 0 saturated carbocycles. The molecule has 0 atom stereocenters. The normalized spacial score (nSPS) is 11.1. The molecular weight excluding hydrogens is 235 g/mol. The molecule has 0 bridgehead atoms. The minimum atomic E-state index is -4.80. The van der Waals surface area contributed by atoms with Gasteiger partial charge in [0.25, 0.3) is 0 Å². The highest BCUT2D eigenvalue weighted by atomic mass is 19.4. The zero-order valence-corrected chi connectivity index (χ0v) is 9.20. The van der Waals surface area contributed by atoms with Crippen LogP contribution in [0.1, 0.15) is 13.3 Å². The zero-order valence-electron chi connectivity index (χ0n) is 9.20. The topological polar surface area (TPSA) is 29.5 Å². The van der Waals surface area contributed by atoms with Gasteiger partial charge in [-0.2, -0.15) is 4.90 Å². The van der Waals surface area contributed by atoms with Crippen molar-refractivity contribution in [2.24, 2.45) is 0 Å². The first-order chi connectivity index (χ1) is 7.96. The molecule has 1 rings (SSSR count). The number of hydrogen-bond acceptors (Lipinski definition) is 2. The summed E-state index contributed by atoms with van der Waals surface area (Å²) in [6.45, 7) is 1.66. The highest BCUT2D eigenvalue weighted by molar-refractivity contribution is 5.88. The second-order valence-electron chi connectivity index (χ2n) is 3.25. The maximum atomic E-state index is 12.7. The maximum Gasteiger partial charge on any atom is 0.494 e. The molecule has 1 aromatic carbocycles. The van der Waals surface area contributed by atoms with Gasteiger partial charge in [-0.25, -0.2) is 4.79 Å². The molecule has 0 heterocycles. The molecule has 0 aromatic heterocycles. The summed E-state index contributed by atoms with van der Waals surface area (Å²) in [5, 5.41) is 0. The summed E-state index contributed by atoms with van der Waals surface area (Å²) < 4.78 is 42.6. The van der Waals surface area contributed by atoms with Crippen molar-refractivity contribution in [2.75, 3.05) is 11.5 Å². The number of ether oxygens (including phenoxy) is 1. The third-order valence-corrected chi connectivity index (χ3v) is 1.88. The van der Waals surface area contributed by atoms with Crippen LogP contribution in [0.25, 0.3) is 0 Å². The van der Waals surface area contributed by atoms with Crippen LogP contribution in [0.2, 0.25) is 0 Å². The monoisotopic (exact) mass is 247 g/mol. The standard InChI is InChI=1S/C11H12F3NO2/c1-2-8-17-10(16)15(11(12,13)14)9-6-4-3-5-7-9/h3-7H,2,8H2,1H3. The van der Waals surface area contributed by atoms with Gasteiger partial charge in [0.2, 0.25) is 0 Å². The molecule has 0 spiro atoms. The van der Waals surface area contributed by atoms with Gasteiger partial charge >= 0.3 is 12.4 Å². The van der Waals surface area contributed by atoms with Crippen molar-refractivity contribution < 1.29 is 22.7 Å². The first kappa shape index (κ1) is 13.3. The number of halogens is 3. The van der Waals surface area contributed by atoms with Crippen LogP contribution >= 0.6 is 0 Å². The number of alkyl halides is 3. The molecule has 17 heavy (non-hydrogen) atoms. The van der Waals surface area contributed by atoms with Crippen LogP contribution in [0.5, 0.6) is 0 Å². The van der Waals surface area contributed by atoms with Crippen LogP contribution in [-0.2, 0) is 4.74 Å².